The highest BCUT2D eigenvalue weighted by molar-refractivity contribution is 7.92. The molecule has 0 aliphatic carbocycles. The Labute approximate surface area is 168 Å². The van der Waals surface area contributed by atoms with Gasteiger partial charge in [0.15, 0.2) is 0 Å². The summed E-state index contributed by atoms with van der Waals surface area (Å²) in [5, 5.41) is 0.636. The Morgan fingerprint density at radius 3 is 2.44 bits per heavy atom. The third kappa shape index (κ3) is 4.71. The Hall–Kier alpha value is -2.28. The molecule has 8 heteroatoms. The van der Waals surface area contributed by atoms with Gasteiger partial charge in [-0.2, -0.15) is 0 Å². The molecule has 0 bridgehead atoms. The molecule has 0 saturated heterocycles. The van der Waals surface area contributed by atoms with E-state index in [9.17, 15) is 8.42 Å². The van der Waals surface area contributed by atoms with Crippen LogP contribution in [0, 0.1) is 13.8 Å². The first-order chi connectivity index (χ1) is 12.7. The van der Waals surface area contributed by atoms with Gasteiger partial charge in [-0.25, -0.2) is 8.42 Å². The highest BCUT2D eigenvalue weighted by atomic mass is 35.5. The third-order valence-electron chi connectivity index (χ3n) is 3.71. The molecule has 1 aromatic heterocycles. The van der Waals surface area contributed by atoms with Gasteiger partial charge in [-0.3, -0.25) is 9.71 Å². The largest absolute Gasteiger partial charge is 0.455 e. The van der Waals surface area contributed by atoms with Crippen molar-refractivity contribution in [1.29, 1.82) is 0 Å². The number of nitrogens with zero attached hydrogens (tertiary/aromatic N) is 1. The molecule has 2 aromatic carbocycles. The van der Waals surface area contributed by atoms with Crippen molar-refractivity contribution in [1.82, 2.24) is 4.98 Å². The summed E-state index contributed by atoms with van der Waals surface area (Å²) in [6, 6.07) is 11.4. The van der Waals surface area contributed by atoms with Crippen LogP contribution < -0.4 is 9.46 Å². The normalized spacial score (nSPS) is 11.3. The van der Waals surface area contributed by atoms with E-state index in [2.05, 4.69) is 9.71 Å². The van der Waals surface area contributed by atoms with Gasteiger partial charge < -0.3 is 4.74 Å². The number of sulfonamides is 1. The molecule has 3 aromatic rings. The molecule has 0 unspecified atom stereocenters. The molecule has 1 heterocycles. The summed E-state index contributed by atoms with van der Waals surface area (Å²) >= 11 is 12.0. The molecule has 0 spiro atoms. The van der Waals surface area contributed by atoms with Gasteiger partial charge in [-0.15, -0.1) is 0 Å². The SMILES string of the molecule is Cc1ccc(S(=O)(=O)Nc2ccc(Oc3cncc(Cl)c3)c(C)c2)c(Cl)c1. The summed E-state index contributed by atoms with van der Waals surface area (Å²) in [6.45, 7) is 3.65. The molecule has 1 N–H and O–H groups in total. The van der Waals surface area contributed by atoms with Crippen LogP contribution >= 0.6 is 23.2 Å². The highest BCUT2D eigenvalue weighted by Crippen LogP contribution is 2.30. The van der Waals surface area contributed by atoms with Crippen molar-refractivity contribution >= 4 is 38.9 Å². The number of rotatable bonds is 5. The molecule has 27 heavy (non-hydrogen) atoms. The molecular weight excluding hydrogens is 407 g/mol. The van der Waals surface area contributed by atoms with E-state index in [0.29, 0.717) is 22.2 Å². The van der Waals surface area contributed by atoms with Crippen LogP contribution in [0.1, 0.15) is 11.1 Å². The number of nitrogens with one attached hydrogen (secondary N) is 1. The Balaban J connectivity index is 1.83. The zero-order valence-electron chi connectivity index (χ0n) is 14.5. The number of hydrogen-bond acceptors (Lipinski definition) is 4. The van der Waals surface area contributed by atoms with Crippen LogP contribution in [0.3, 0.4) is 0 Å². The minimum atomic E-state index is -3.81. The maximum absolute atomic E-state index is 12.6. The molecule has 140 valence electrons. The summed E-state index contributed by atoms with van der Waals surface area (Å²) in [5.41, 5.74) is 2.03. The van der Waals surface area contributed by atoms with Crippen LogP contribution in [0.25, 0.3) is 0 Å². The van der Waals surface area contributed by atoms with E-state index < -0.39 is 10.0 Å². The predicted molar refractivity (Wildman–Crippen MR) is 107 cm³/mol. The number of benzene rings is 2. The summed E-state index contributed by atoms with van der Waals surface area (Å²) in [6.07, 6.45) is 3.05. The lowest BCUT2D eigenvalue weighted by Crippen LogP contribution is -2.13. The molecule has 0 atom stereocenters. The second-order valence-electron chi connectivity index (χ2n) is 5.96. The van der Waals surface area contributed by atoms with E-state index in [0.717, 1.165) is 11.1 Å². The molecule has 0 radical (unpaired) electrons. The van der Waals surface area contributed by atoms with Gasteiger partial charge in [-0.05, 0) is 55.3 Å². The summed E-state index contributed by atoms with van der Waals surface area (Å²) in [5.74, 6) is 1.06. The van der Waals surface area contributed by atoms with Gasteiger partial charge in [0.25, 0.3) is 10.0 Å². The summed E-state index contributed by atoms with van der Waals surface area (Å²) in [4.78, 5) is 3.99. The Kier molecular flexibility index (Phi) is 5.60. The summed E-state index contributed by atoms with van der Waals surface area (Å²) < 4.78 is 33.5. The lowest BCUT2D eigenvalue weighted by atomic mass is 10.2. The minimum absolute atomic E-state index is 0.0257. The second kappa shape index (κ2) is 7.76. The molecular formula is C19H16Cl2N2O3S. The average Bonchev–Trinajstić information content (AvgIpc) is 2.56. The third-order valence-corrected chi connectivity index (χ3v) is 5.78. The van der Waals surface area contributed by atoms with Gasteiger partial charge in [0.2, 0.25) is 0 Å². The maximum Gasteiger partial charge on any atom is 0.263 e. The zero-order chi connectivity index (χ0) is 19.6. The van der Waals surface area contributed by atoms with Crippen LogP contribution in [0.15, 0.2) is 59.8 Å². The van der Waals surface area contributed by atoms with Gasteiger partial charge >= 0.3 is 0 Å². The Morgan fingerprint density at radius 2 is 1.78 bits per heavy atom. The lowest BCUT2D eigenvalue weighted by molar-refractivity contribution is 0.476. The van der Waals surface area contributed by atoms with Crippen molar-refractivity contribution in [3.05, 3.63) is 76.0 Å². The zero-order valence-corrected chi connectivity index (χ0v) is 16.9. The van der Waals surface area contributed by atoms with Gasteiger partial charge in [-0.1, -0.05) is 29.3 Å². The number of halogens is 2. The van der Waals surface area contributed by atoms with Gasteiger partial charge in [0.1, 0.15) is 16.4 Å². The molecule has 3 rings (SSSR count). The standard InChI is InChI=1S/C19H16Cl2N2O3S/c1-12-3-6-19(17(21)7-12)27(24,25)23-15-4-5-18(13(2)8-15)26-16-9-14(20)10-22-11-16/h3-11,23H,1-2H3. The van der Waals surface area contributed by atoms with E-state index >= 15 is 0 Å². The number of hydrogen-bond donors (Lipinski definition) is 1. The van der Waals surface area contributed by atoms with Gasteiger partial charge in [0, 0.05) is 18.0 Å². The van der Waals surface area contributed by atoms with Gasteiger partial charge in [0.05, 0.1) is 16.2 Å². The van der Waals surface area contributed by atoms with Crippen LogP contribution in [-0.2, 0) is 10.0 Å². The molecule has 0 saturated carbocycles. The molecule has 0 aliphatic heterocycles. The summed E-state index contributed by atoms with van der Waals surface area (Å²) in [7, 11) is -3.81. The van der Waals surface area contributed by atoms with Crippen molar-refractivity contribution in [2.75, 3.05) is 4.72 Å². The van der Waals surface area contributed by atoms with Crippen LogP contribution in [0.4, 0.5) is 5.69 Å². The molecule has 0 fully saturated rings. The molecule has 0 aliphatic rings. The Bertz CT molecular complexity index is 1100. The van der Waals surface area contributed by atoms with E-state index in [1.807, 2.05) is 13.8 Å². The smallest absolute Gasteiger partial charge is 0.263 e. The monoisotopic (exact) mass is 422 g/mol. The first-order valence-corrected chi connectivity index (χ1v) is 10.2. The van der Waals surface area contributed by atoms with Crippen molar-refractivity contribution < 1.29 is 13.2 Å². The number of anilines is 1. The van der Waals surface area contributed by atoms with E-state index in [1.54, 1.807) is 42.6 Å². The van der Waals surface area contributed by atoms with Crippen molar-refractivity contribution in [3.8, 4) is 11.5 Å². The quantitative estimate of drug-likeness (QED) is 0.580. The predicted octanol–water partition coefficient (Wildman–Crippen LogP) is 5.60. The van der Waals surface area contributed by atoms with Crippen molar-refractivity contribution in [3.63, 3.8) is 0 Å². The fourth-order valence-corrected chi connectivity index (χ4v) is 4.25. The van der Waals surface area contributed by atoms with E-state index in [1.165, 1.54) is 12.3 Å². The first kappa shape index (κ1) is 19.5. The van der Waals surface area contributed by atoms with Crippen LogP contribution in [-0.4, -0.2) is 13.4 Å². The molecule has 5 nitrogen and oxygen atoms in total. The number of ether oxygens (including phenoxy) is 1. The van der Waals surface area contributed by atoms with Crippen molar-refractivity contribution in [2.45, 2.75) is 18.7 Å². The second-order valence-corrected chi connectivity index (χ2v) is 8.46. The van der Waals surface area contributed by atoms with E-state index in [-0.39, 0.29) is 9.92 Å². The topological polar surface area (TPSA) is 68.3 Å². The minimum Gasteiger partial charge on any atom is -0.455 e. The average molecular weight is 423 g/mol. The van der Waals surface area contributed by atoms with Crippen molar-refractivity contribution in [2.24, 2.45) is 0 Å². The Morgan fingerprint density at radius 1 is 1.00 bits per heavy atom. The fraction of sp³-hybridized carbons (Fsp3) is 0.105. The van der Waals surface area contributed by atoms with Crippen LogP contribution in [0.2, 0.25) is 10.0 Å². The number of aromatic nitrogens is 1. The highest BCUT2D eigenvalue weighted by Gasteiger charge is 2.18. The first-order valence-electron chi connectivity index (χ1n) is 7.92. The fourth-order valence-electron chi connectivity index (χ4n) is 2.44. The van der Waals surface area contributed by atoms with Crippen LogP contribution in [0.5, 0.6) is 11.5 Å². The molecule has 0 amide bonds. The maximum atomic E-state index is 12.6. The van der Waals surface area contributed by atoms with E-state index in [4.69, 9.17) is 27.9 Å². The lowest BCUT2D eigenvalue weighted by Gasteiger charge is -2.13. The number of aryl methyl sites for hydroxylation is 2. The number of pyridine rings is 1.